The standard InChI is InChI=1S/C15H21NO4/c1-3-7-11-8-5-6-9-12(11)14(17)16-13(15(18)19)10-20-4-2/h5-6,8-9,13H,3-4,7,10H2,1-2H3,(H,16,17)(H,18,19)/t13-/m0/s1. The maximum absolute atomic E-state index is 12.2. The van der Waals surface area contributed by atoms with Crippen molar-refractivity contribution in [3.63, 3.8) is 0 Å². The van der Waals surface area contributed by atoms with Crippen molar-refractivity contribution in [2.75, 3.05) is 13.2 Å². The first-order valence-corrected chi connectivity index (χ1v) is 6.79. The SMILES string of the molecule is CCCc1ccccc1C(=O)N[C@@H](COCC)C(=O)O. The topological polar surface area (TPSA) is 75.6 Å². The molecule has 0 aliphatic heterocycles. The van der Waals surface area contributed by atoms with Crippen LogP contribution in [0.2, 0.25) is 0 Å². The van der Waals surface area contributed by atoms with Crippen LogP contribution in [-0.2, 0) is 16.0 Å². The molecule has 1 rings (SSSR count). The first-order chi connectivity index (χ1) is 9.60. The molecule has 5 nitrogen and oxygen atoms in total. The van der Waals surface area contributed by atoms with Gasteiger partial charge in [0.2, 0.25) is 0 Å². The molecule has 1 atom stereocenters. The van der Waals surface area contributed by atoms with Crippen LogP contribution in [0, 0.1) is 0 Å². The number of carbonyl (C=O) groups is 2. The van der Waals surface area contributed by atoms with Gasteiger partial charge < -0.3 is 15.2 Å². The molecular formula is C15H21NO4. The molecule has 0 heterocycles. The highest BCUT2D eigenvalue weighted by Crippen LogP contribution is 2.11. The van der Waals surface area contributed by atoms with Crippen LogP contribution in [0.15, 0.2) is 24.3 Å². The maximum Gasteiger partial charge on any atom is 0.328 e. The Hall–Kier alpha value is -1.88. The number of nitrogens with one attached hydrogen (secondary N) is 1. The fraction of sp³-hybridized carbons (Fsp3) is 0.467. The molecule has 0 saturated heterocycles. The largest absolute Gasteiger partial charge is 0.480 e. The van der Waals surface area contributed by atoms with Crippen molar-refractivity contribution in [3.05, 3.63) is 35.4 Å². The minimum atomic E-state index is -1.10. The van der Waals surface area contributed by atoms with Crippen LogP contribution >= 0.6 is 0 Å². The third kappa shape index (κ3) is 4.66. The predicted octanol–water partition coefficient (Wildman–Crippen LogP) is 1.86. The van der Waals surface area contributed by atoms with Gasteiger partial charge in [0, 0.05) is 12.2 Å². The average molecular weight is 279 g/mol. The lowest BCUT2D eigenvalue weighted by molar-refractivity contribution is -0.140. The van der Waals surface area contributed by atoms with Crippen molar-refractivity contribution in [2.24, 2.45) is 0 Å². The molecule has 0 fully saturated rings. The Morgan fingerprint density at radius 1 is 1.30 bits per heavy atom. The van der Waals surface area contributed by atoms with Crippen molar-refractivity contribution in [1.82, 2.24) is 5.32 Å². The molecule has 0 spiro atoms. The second kappa shape index (κ2) is 8.32. The molecule has 0 aliphatic rings. The quantitative estimate of drug-likeness (QED) is 0.761. The summed E-state index contributed by atoms with van der Waals surface area (Å²) in [7, 11) is 0. The minimum Gasteiger partial charge on any atom is -0.480 e. The summed E-state index contributed by atoms with van der Waals surface area (Å²) in [4.78, 5) is 23.3. The Morgan fingerprint density at radius 2 is 2.00 bits per heavy atom. The second-order valence-corrected chi connectivity index (χ2v) is 4.43. The summed E-state index contributed by atoms with van der Waals surface area (Å²) in [6, 6.07) is 6.21. The smallest absolute Gasteiger partial charge is 0.328 e. The van der Waals surface area contributed by atoms with Gasteiger partial charge >= 0.3 is 5.97 Å². The lowest BCUT2D eigenvalue weighted by Gasteiger charge is -2.15. The van der Waals surface area contributed by atoms with Gasteiger partial charge in [0.15, 0.2) is 6.04 Å². The molecule has 2 N–H and O–H groups in total. The molecule has 0 bridgehead atoms. The molecule has 0 unspecified atom stereocenters. The highest BCUT2D eigenvalue weighted by molar-refractivity contribution is 5.97. The Kier molecular flexibility index (Phi) is 6.73. The van der Waals surface area contributed by atoms with Gasteiger partial charge in [0.25, 0.3) is 5.91 Å². The summed E-state index contributed by atoms with van der Waals surface area (Å²) < 4.78 is 5.08. The van der Waals surface area contributed by atoms with Crippen LogP contribution in [0.25, 0.3) is 0 Å². The molecule has 0 aromatic heterocycles. The lowest BCUT2D eigenvalue weighted by Crippen LogP contribution is -2.44. The van der Waals surface area contributed by atoms with E-state index >= 15 is 0 Å². The summed E-state index contributed by atoms with van der Waals surface area (Å²) in [5.74, 6) is -1.47. The summed E-state index contributed by atoms with van der Waals surface area (Å²) in [6.45, 7) is 4.18. The van der Waals surface area contributed by atoms with Gasteiger partial charge in [-0.15, -0.1) is 0 Å². The molecule has 0 radical (unpaired) electrons. The zero-order valence-electron chi connectivity index (χ0n) is 11.9. The van der Waals surface area contributed by atoms with Gasteiger partial charge in [-0.2, -0.15) is 0 Å². The Labute approximate surface area is 118 Å². The Balaban J connectivity index is 2.80. The zero-order valence-corrected chi connectivity index (χ0v) is 11.9. The minimum absolute atomic E-state index is 0.0342. The fourth-order valence-electron chi connectivity index (χ4n) is 1.88. The molecule has 0 saturated carbocycles. The van der Waals surface area contributed by atoms with E-state index in [1.54, 1.807) is 19.1 Å². The molecule has 1 aromatic carbocycles. The average Bonchev–Trinajstić information content (AvgIpc) is 2.43. The first kappa shape index (κ1) is 16.2. The fourth-order valence-corrected chi connectivity index (χ4v) is 1.88. The van der Waals surface area contributed by atoms with Crippen molar-refractivity contribution in [2.45, 2.75) is 32.7 Å². The van der Waals surface area contributed by atoms with Crippen LogP contribution in [0.5, 0.6) is 0 Å². The van der Waals surface area contributed by atoms with E-state index in [1.165, 1.54) is 0 Å². The zero-order chi connectivity index (χ0) is 15.0. The monoisotopic (exact) mass is 279 g/mol. The van der Waals surface area contributed by atoms with Crippen molar-refractivity contribution >= 4 is 11.9 Å². The van der Waals surface area contributed by atoms with Crippen LogP contribution < -0.4 is 5.32 Å². The molecule has 1 amide bonds. The number of rotatable bonds is 8. The van der Waals surface area contributed by atoms with E-state index in [0.29, 0.717) is 12.2 Å². The summed E-state index contributed by atoms with van der Waals surface area (Å²) in [5, 5.41) is 11.6. The van der Waals surface area contributed by atoms with E-state index in [4.69, 9.17) is 9.84 Å². The van der Waals surface area contributed by atoms with Gasteiger partial charge in [0.1, 0.15) is 0 Å². The van der Waals surface area contributed by atoms with Gasteiger partial charge in [-0.05, 0) is 25.0 Å². The van der Waals surface area contributed by atoms with Crippen molar-refractivity contribution in [3.8, 4) is 0 Å². The lowest BCUT2D eigenvalue weighted by atomic mass is 10.0. The van der Waals surface area contributed by atoms with Crippen molar-refractivity contribution in [1.29, 1.82) is 0 Å². The summed E-state index contributed by atoms with van der Waals surface area (Å²) in [5.41, 5.74) is 1.45. The number of hydrogen-bond acceptors (Lipinski definition) is 3. The number of amides is 1. The molecule has 0 aliphatic carbocycles. The van der Waals surface area contributed by atoms with Gasteiger partial charge in [-0.1, -0.05) is 31.5 Å². The highest BCUT2D eigenvalue weighted by Gasteiger charge is 2.21. The van der Waals surface area contributed by atoms with Gasteiger partial charge in [-0.3, -0.25) is 4.79 Å². The summed E-state index contributed by atoms with van der Waals surface area (Å²) >= 11 is 0. The van der Waals surface area contributed by atoms with Crippen LogP contribution in [0.4, 0.5) is 0 Å². The highest BCUT2D eigenvalue weighted by atomic mass is 16.5. The Morgan fingerprint density at radius 3 is 2.60 bits per heavy atom. The molecular weight excluding hydrogens is 258 g/mol. The summed E-state index contributed by atoms with van der Waals surface area (Å²) in [6.07, 6.45) is 1.71. The number of aryl methyl sites for hydroxylation is 1. The number of carboxylic acid groups (broad SMARTS) is 1. The maximum atomic E-state index is 12.2. The number of carboxylic acids is 1. The van der Waals surface area contributed by atoms with E-state index in [2.05, 4.69) is 5.32 Å². The van der Waals surface area contributed by atoms with E-state index < -0.39 is 12.0 Å². The molecule has 1 aromatic rings. The number of aliphatic carboxylic acids is 1. The first-order valence-electron chi connectivity index (χ1n) is 6.79. The van der Waals surface area contributed by atoms with E-state index in [1.807, 2.05) is 19.1 Å². The van der Waals surface area contributed by atoms with E-state index in [9.17, 15) is 9.59 Å². The van der Waals surface area contributed by atoms with Crippen molar-refractivity contribution < 1.29 is 19.4 Å². The number of carbonyl (C=O) groups excluding carboxylic acids is 1. The number of ether oxygens (including phenoxy) is 1. The van der Waals surface area contributed by atoms with Crippen LogP contribution in [0.3, 0.4) is 0 Å². The van der Waals surface area contributed by atoms with Gasteiger partial charge in [0.05, 0.1) is 6.61 Å². The Bertz CT molecular complexity index is 459. The van der Waals surface area contributed by atoms with Crippen LogP contribution in [-0.4, -0.2) is 36.2 Å². The molecule has 20 heavy (non-hydrogen) atoms. The van der Waals surface area contributed by atoms with E-state index in [-0.39, 0.29) is 12.5 Å². The number of benzene rings is 1. The number of hydrogen-bond donors (Lipinski definition) is 2. The third-order valence-corrected chi connectivity index (χ3v) is 2.87. The molecule has 5 heteroatoms. The van der Waals surface area contributed by atoms with Crippen LogP contribution in [0.1, 0.15) is 36.2 Å². The molecule has 110 valence electrons. The van der Waals surface area contributed by atoms with E-state index in [0.717, 1.165) is 18.4 Å². The van der Waals surface area contributed by atoms with Gasteiger partial charge in [-0.25, -0.2) is 4.79 Å². The normalized spacial score (nSPS) is 11.9. The second-order valence-electron chi connectivity index (χ2n) is 4.43. The predicted molar refractivity (Wildman–Crippen MR) is 75.8 cm³/mol. The third-order valence-electron chi connectivity index (χ3n) is 2.87.